The number of ketones is 1. The molecule has 0 spiro atoms. The molecular formula is C28H22FNO3. The van der Waals surface area contributed by atoms with E-state index in [0.29, 0.717) is 22.6 Å². The van der Waals surface area contributed by atoms with Crippen molar-refractivity contribution < 1.29 is 18.7 Å². The Morgan fingerprint density at radius 2 is 1.33 bits per heavy atom. The Hall–Kier alpha value is -4.25. The lowest BCUT2D eigenvalue weighted by Crippen LogP contribution is -2.30. The molecule has 0 saturated carbocycles. The zero-order valence-corrected chi connectivity index (χ0v) is 18.0. The van der Waals surface area contributed by atoms with Gasteiger partial charge in [0.15, 0.2) is 11.9 Å². The second-order valence-corrected chi connectivity index (χ2v) is 7.52. The minimum absolute atomic E-state index is 0.218. The molecule has 1 atom stereocenters. The summed E-state index contributed by atoms with van der Waals surface area (Å²) in [7, 11) is 0. The van der Waals surface area contributed by atoms with Crippen molar-refractivity contribution in [3.63, 3.8) is 0 Å². The Morgan fingerprint density at radius 3 is 2.00 bits per heavy atom. The summed E-state index contributed by atoms with van der Waals surface area (Å²) in [6.45, 7) is 1.66. The van der Waals surface area contributed by atoms with Gasteiger partial charge in [-0.25, -0.2) is 4.39 Å². The third-order valence-electron chi connectivity index (χ3n) is 5.17. The molecule has 4 aromatic rings. The van der Waals surface area contributed by atoms with Crippen LogP contribution in [0.2, 0.25) is 0 Å². The molecule has 33 heavy (non-hydrogen) atoms. The van der Waals surface area contributed by atoms with E-state index in [-0.39, 0.29) is 11.7 Å². The average Bonchev–Trinajstić information content (AvgIpc) is 2.85. The first-order valence-electron chi connectivity index (χ1n) is 10.5. The molecule has 0 aliphatic carbocycles. The third kappa shape index (κ3) is 5.33. The summed E-state index contributed by atoms with van der Waals surface area (Å²) in [5.41, 5.74) is 3.47. The van der Waals surface area contributed by atoms with E-state index in [0.717, 1.165) is 11.1 Å². The Kier molecular flexibility index (Phi) is 6.60. The molecule has 0 radical (unpaired) electrons. The Bertz CT molecular complexity index is 1250. The van der Waals surface area contributed by atoms with E-state index in [2.05, 4.69) is 5.32 Å². The number of hydrogen-bond acceptors (Lipinski definition) is 3. The summed E-state index contributed by atoms with van der Waals surface area (Å²) in [4.78, 5) is 25.3. The Labute approximate surface area is 191 Å². The number of carbonyl (C=O) groups is 2. The van der Waals surface area contributed by atoms with Gasteiger partial charge >= 0.3 is 0 Å². The minimum Gasteiger partial charge on any atom is -0.481 e. The highest BCUT2D eigenvalue weighted by molar-refractivity contribution is 6.09. The van der Waals surface area contributed by atoms with Gasteiger partial charge in [0.05, 0.1) is 0 Å². The largest absolute Gasteiger partial charge is 0.481 e. The Morgan fingerprint density at radius 1 is 0.758 bits per heavy atom. The zero-order valence-electron chi connectivity index (χ0n) is 18.0. The molecule has 0 bridgehead atoms. The van der Waals surface area contributed by atoms with Crippen molar-refractivity contribution in [1.29, 1.82) is 0 Å². The smallest absolute Gasteiger partial charge is 0.265 e. The van der Waals surface area contributed by atoms with Crippen LogP contribution >= 0.6 is 0 Å². The maximum Gasteiger partial charge on any atom is 0.265 e. The molecule has 4 nitrogen and oxygen atoms in total. The summed E-state index contributed by atoms with van der Waals surface area (Å²) in [6, 6.07) is 29.3. The van der Waals surface area contributed by atoms with Gasteiger partial charge < -0.3 is 10.1 Å². The van der Waals surface area contributed by atoms with Crippen molar-refractivity contribution >= 4 is 17.4 Å². The number of anilines is 1. The van der Waals surface area contributed by atoms with Crippen LogP contribution < -0.4 is 10.1 Å². The predicted molar refractivity (Wildman–Crippen MR) is 127 cm³/mol. The fourth-order valence-electron chi connectivity index (χ4n) is 3.41. The molecule has 5 heteroatoms. The van der Waals surface area contributed by atoms with Crippen LogP contribution in [0.4, 0.5) is 10.1 Å². The predicted octanol–water partition coefficient (Wildman–Crippen LogP) is 6.13. The van der Waals surface area contributed by atoms with Crippen LogP contribution in [0.3, 0.4) is 0 Å². The maximum atomic E-state index is 13.1. The number of benzene rings is 4. The van der Waals surface area contributed by atoms with Gasteiger partial charge in [-0.3, -0.25) is 9.59 Å². The number of halogens is 1. The molecule has 1 N–H and O–H groups in total. The average molecular weight is 439 g/mol. The summed E-state index contributed by atoms with van der Waals surface area (Å²) >= 11 is 0. The van der Waals surface area contributed by atoms with Gasteiger partial charge in [0.25, 0.3) is 5.91 Å². The summed E-state index contributed by atoms with van der Waals surface area (Å²) in [6.07, 6.45) is -0.757. The number of nitrogens with one attached hydrogen (secondary N) is 1. The molecule has 0 heterocycles. The normalized spacial score (nSPS) is 11.5. The number of amides is 1. The molecule has 1 amide bonds. The minimum atomic E-state index is -0.757. The van der Waals surface area contributed by atoms with Crippen LogP contribution in [-0.2, 0) is 4.79 Å². The highest BCUT2D eigenvalue weighted by Crippen LogP contribution is 2.28. The van der Waals surface area contributed by atoms with Gasteiger partial charge in [-0.05, 0) is 67.1 Å². The van der Waals surface area contributed by atoms with E-state index in [1.807, 2.05) is 54.6 Å². The molecular weight excluding hydrogens is 417 g/mol. The van der Waals surface area contributed by atoms with Gasteiger partial charge in [-0.2, -0.15) is 0 Å². The lowest BCUT2D eigenvalue weighted by molar-refractivity contribution is -0.122. The van der Waals surface area contributed by atoms with Gasteiger partial charge in [0.2, 0.25) is 0 Å². The van der Waals surface area contributed by atoms with E-state index >= 15 is 0 Å². The van der Waals surface area contributed by atoms with E-state index < -0.39 is 11.9 Å². The lowest BCUT2D eigenvalue weighted by Gasteiger charge is -2.17. The first kappa shape index (κ1) is 22.0. The first-order chi connectivity index (χ1) is 16.0. The van der Waals surface area contributed by atoms with Crippen molar-refractivity contribution in [2.24, 2.45) is 0 Å². The van der Waals surface area contributed by atoms with Crippen LogP contribution in [0.15, 0.2) is 103 Å². The molecule has 4 rings (SSSR count). The van der Waals surface area contributed by atoms with Gasteiger partial charge in [-0.15, -0.1) is 0 Å². The second kappa shape index (κ2) is 9.92. The SMILES string of the molecule is CC(Oc1ccc(C(=O)c2ccc(F)cc2)cc1)C(=O)Nc1ccccc1-c1ccccc1. The van der Waals surface area contributed by atoms with Crippen LogP contribution in [0, 0.1) is 5.82 Å². The second-order valence-electron chi connectivity index (χ2n) is 7.52. The van der Waals surface area contributed by atoms with Crippen LogP contribution in [0.5, 0.6) is 5.75 Å². The van der Waals surface area contributed by atoms with Crippen molar-refractivity contribution in [3.05, 3.63) is 120 Å². The van der Waals surface area contributed by atoms with Crippen LogP contribution in [0.1, 0.15) is 22.8 Å². The third-order valence-corrected chi connectivity index (χ3v) is 5.17. The monoisotopic (exact) mass is 439 g/mol. The molecule has 0 aromatic heterocycles. The lowest BCUT2D eigenvalue weighted by atomic mass is 10.0. The topological polar surface area (TPSA) is 55.4 Å². The summed E-state index contributed by atoms with van der Waals surface area (Å²) in [5, 5.41) is 2.94. The number of hydrogen-bond donors (Lipinski definition) is 1. The highest BCUT2D eigenvalue weighted by Gasteiger charge is 2.17. The van der Waals surface area contributed by atoms with Crippen LogP contribution in [0.25, 0.3) is 11.1 Å². The number of rotatable bonds is 7. The fraction of sp³-hybridized carbons (Fsp3) is 0.0714. The first-order valence-corrected chi connectivity index (χ1v) is 10.5. The highest BCUT2D eigenvalue weighted by atomic mass is 19.1. The molecule has 0 saturated heterocycles. The summed E-state index contributed by atoms with van der Waals surface area (Å²) < 4.78 is 18.9. The molecule has 1 unspecified atom stereocenters. The van der Waals surface area contributed by atoms with E-state index in [1.54, 1.807) is 31.2 Å². The quantitative estimate of drug-likeness (QED) is 0.353. The maximum absolute atomic E-state index is 13.1. The van der Waals surface area contributed by atoms with Crippen molar-refractivity contribution in [1.82, 2.24) is 0 Å². The van der Waals surface area contributed by atoms with Crippen molar-refractivity contribution in [3.8, 4) is 16.9 Å². The van der Waals surface area contributed by atoms with Crippen LogP contribution in [-0.4, -0.2) is 17.8 Å². The van der Waals surface area contributed by atoms with Crippen molar-refractivity contribution in [2.45, 2.75) is 13.0 Å². The fourth-order valence-corrected chi connectivity index (χ4v) is 3.41. The van der Waals surface area contributed by atoms with E-state index in [9.17, 15) is 14.0 Å². The van der Waals surface area contributed by atoms with Crippen molar-refractivity contribution in [2.75, 3.05) is 5.32 Å². The molecule has 164 valence electrons. The van der Waals surface area contributed by atoms with Gasteiger partial charge in [0, 0.05) is 22.4 Å². The van der Waals surface area contributed by atoms with E-state index in [1.165, 1.54) is 24.3 Å². The Balaban J connectivity index is 1.42. The standard InChI is InChI=1S/C28H22FNO3/c1-19(28(32)30-26-10-6-5-9-25(26)20-7-3-2-4-8-20)33-24-17-13-22(14-18-24)27(31)21-11-15-23(29)16-12-21/h2-19H,1H3,(H,30,32). The number of para-hydroxylation sites is 1. The molecule has 0 fully saturated rings. The summed E-state index contributed by atoms with van der Waals surface area (Å²) in [5.74, 6) is -0.437. The number of ether oxygens (including phenoxy) is 1. The van der Waals surface area contributed by atoms with Gasteiger partial charge in [-0.1, -0.05) is 48.5 Å². The number of carbonyl (C=O) groups excluding carboxylic acids is 2. The van der Waals surface area contributed by atoms with E-state index in [4.69, 9.17) is 4.74 Å². The molecule has 0 aliphatic heterocycles. The van der Waals surface area contributed by atoms with Gasteiger partial charge in [0.1, 0.15) is 11.6 Å². The molecule has 4 aromatic carbocycles. The molecule has 0 aliphatic rings. The zero-order chi connectivity index (χ0) is 23.2.